The van der Waals surface area contributed by atoms with Crippen molar-refractivity contribution in [1.29, 1.82) is 0 Å². The van der Waals surface area contributed by atoms with E-state index in [4.69, 9.17) is 4.74 Å². The summed E-state index contributed by atoms with van der Waals surface area (Å²) in [6.45, 7) is 5.25. The Kier molecular flexibility index (Phi) is 8.06. The van der Waals surface area contributed by atoms with E-state index in [1.165, 1.54) is 10.4 Å². The van der Waals surface area contributed by atoms with Crippen LogP contribution in [0.1, 0.15) is 45.6 Å². The van der Waals surface area contributed by atoms with Gasteiger partial charge in [0.05, 0.1) is 13.2 Å². The third kappa shape index (κ3) is 6.27. The first kappa shape index (κ1) is 25.5. The summed E-state index contributed by atoms with van der Waals surface area (Å²) in [5.41, 5.74) is 0.511. The van der Waals surface area contributed by atoms with E-state index in [0.717, 1.165) is 12.8 Å². The van der Waals surface area contributed by atoms with E-state index in [-0.39, 0.29) is 35.6 Å². The van der Waals surface area contributed by atoms with Crippen molar-refractivity contribution in [2.45, 2.75) is 63.2 Å². The van der Waals surface area contributed by atoms with Gasteiger partial charge in [-0.3, -0.25) is 4.79 Å². The van der Waals surface area contributed by atoms with Crippen LogP contribution in [0.15, 0.2) is 23.1 Å². The maximum absolute atomic E-state index is 13.5. The molecule has 1 aromatic rings. The third-order valence-electron chi connectivity index (χ3n) is 6.13. The van der Waals surface area contributed by atoms with Gasteiger partial charge in [0.15, 0.2) is 0 Å². The number of fused-ring (bicyclic) bond motifs is 1. The highest BCUT2D eigenvalue weighted by Crippen LogP contribution is 2.35. The Morgan fingerprint density at radius 1 is 1.33 bits per heavy atom. The van der Waals surface area contributed by atoms with Gasteiger partial charge in [-0.1, -0.05) is 18.8 Å². The minimum absolute atomic E-state index is 0.00532. The smallest absolute Gasteiger partial charge is 0.247 e. The molecule has 0 aromatic heterocycles. The third-order valence-corrected chi connectivity index (χ3v) is 8.15. The lowest BCUT2D eigenvalue weighted by molar-refractivity contribution is -0.131. The van der Waals surface area contributed by atoms with Crippen LogP contribution in [0.2, 0.25) is 0 Å². The molecule has 182 valence electrons. The molecule has 1 aliphatic carbocycles. The van der Waals surface area contributed by atoms with Crippen molar-refractivity contribution in [3.05, 3.63) is 23.8 Å². The Balaban J connectivity index is 1.99. The average molecular weight is 479 g/mol. The molecule has 1 aliphatic heterocycles. The van der Waals surface area contributed by atoms with E-state index in [2.05, 4.69) is 11.8 Å². The second-order valence-corrected chi connectivity index (χ2v) is 11.1. The van der Waals surface area contributed by atoms with Crippen LogP contribution >= 0.6 is 0 Å². The number of carbonyl (C=O) groups excluding carboxylic acids is 1. The molecule has 2 aliphatic rings. The number of hydrogen-bond donors (Lipinski definition) is 2. The lowest BCUT2D eigenvalue weighted by atomic mass is 10.0. The number of nitrogens with zero attached hydrogens (tertiary/aromatic N) is 2. The molecule has 1 amide bonds. The maximum Gasteiger partial charge on any atom is 0.247 e. The van der Waals surface area contributed by atoms with Crippen LogP contribution in [0.3, 0.4) is 0 Å². The largest absolute Gasteiger partial charge is 0.487 e. The van der Waals surface area contributed by atoms with Crippen molar-refractivity contribution in [2.24, 2.45) is 11.8 Å². The van der Waals surface area contributed by atoms with Crippen molar-refractivity contribution in [2.75, 3.05) is 26.7 Å². The number of ether oxygens (including phenoxy) is 1. The standard InChI is InChI=1S/C24H34N2O6S/c1-16-13-26(17(2)15-27)33(30,31)23-10-9-19(6-5-18(3)28)11-21(23)32-22(16)14-25(4)24(29)12-20-7-8-20/h9-11,16-18,20,22,27-28H,7-8,12-15H2,1-4H3/t16-,17-,18+,22+/m1/s1. The number of amides is 1. The van der Waals surface area contributed by atoms with Crippen molar-refractivity contribution >= 4 is 15.9 Å². The van der Waals surface area contributed by atoms with Crippen LogP contribution in [0, 0.1) is 23.7 Å². The fourth-order valence-corrected chi connectivity index (χ4v) is 5.63. The zero-order valence-corrected chi connectivity index (χ0v) is 20.5. The first-order chi connectivity index (χ1) is 15.5. The van der Waals surface area contributed by atoms with E-state index < -0.39 is 28.3 Å². The van der Waals surface area contributed by atoms with Gasteiger partial charge < -0.3 is 19.8 Å². The number of sulfonamides is 1. The van der Waals surface area contributed by atoms with Crippen molar-refractivity contribution in [3.8, 4) is 17.6 Å². The monoisotopic (exact) mass is 478 g/mol. The molecule has 0 bridgehead atoms. The number of aliphatic hydroxyl groups is 2. The van der Waals surface area contributed by atoms with Gasteiger partial charge in [0.25, 0.3) is 0 Å². The first-order valence-electron chi connectivity index (χ1n) is 11.4. The number of benzene rings is 1. The topological polar surface area (TPSA) is 107 Å². The average Bonchev–Trinajstić information content (AvgIpc) is 3.57. The summed E-state index contributed by atoms with van der Waals surface area (Å²) in [6, 6.07) is 3.96. The van der Waals surface area contributed by atoms with Gasteiger partial charge in [0, 0.05) is 37.5 Å². The summed E-state index contributed by atoms with van der Waals surface area (Å²) in [4.78, 5) is 14.2. The van der Waals surface area contributed by atoms with Crippen LogP contribution in [0.4, 0.5) is 0 Å². The molecule has 0 saturated heterocycles. The minimum atomic E-state index is -3.94. The Morgan fingerprint density at radius 2 is 2.03 bits per heavy atom. The summed E-state index contributed by atoms with van der Waals surface area (Å²) in [6.07, 6.45) is 1.42. The van der Waals surface area contributed by atoms with Crippen LogP contribution in [0.25, 0.3) is 0 Å². The quantitative estimate of drug-likeness (QED) is 0.600. The lowest BCUT2D eigenvalue weighted by Gasteiger charge is -2.37. The molecule has 1 saturated carbocycles. The van der Waals surface area contributed by atoms with E-state index in [1.54, 1.807) is 37.9 Å². The van der Waals surface area contributed by atoms with Gasteiger partial charge >= 0.3 is 0 Å². The SMILES string of the molecule is C[C@H](O)C#Cc1ccc2c(c1)O[C@@H](CN(C)C(=O)CC1CC1)[C@H](C)CN([C@H](C)CO)S2(=O)=O. The Bertz CT molecular complexity index is 1030. The number of rotatable bonds is 6. The van der Waals surface area contributed by atoms with Gasteiger partial charge in [-0.05, 0) is 50.8 Å². The molecule has 3 rings (SSSR count). The summed E-state index contributed by atoms with van der Waals surface area (Å²) < 4.78 is 34.5. The van der Waals surface area contributed by atoms with Gasteiger partial charge in [-0.15, -0.1) is 0 Å². The summed E-state index contributed by atoms with van der Waals surface area (Å²) >= 11 is 0. The highest BCUT2D eigenvalue weighted by molar-refractivity contribution is 7.89. The Morgan fingerprint density at radius 3 is 2.64 bits per heavy atom. The zero-order valence-electron chi connectivity index (χ0n) is 19.7. The molecule has 1 fully saturated rings. The minimum Gasteiger partial charge on any atom is -0.487 e. The lowest BCUT2D eigenvalue weighted by Crippen LogP contribution is -2.50. The molecule has 0 radical (unpaired) electrons. The predicted molar refractivity (Wildman–Crippen MR) is 124 cm³/mol. The highest BCUT2D eigenvalue weighted by Gasteiger charge is 2.38. The second-order valence-electron chi connectivity index (χ2n) is 9.27. The van der Waals surface area contributed by atoms with E-state index in [1.807, 2.05) is 6.92 Å². The number of hydrogen-bond acceptors (Lipinski definition) is 6. The number of likely N-dealkylation sites (N-methyl/N-ethyl adjacent to an activating group) is 1. The summed E-state index contributed by atoms with van der Waals surface area (Å²) in [7, 11) is -2.19. The molecule has 0 unspecified atom stereocenters. The molecule has 1 aromatic carbocycles. The van der Waals surface area contributed by atoms with Crippen LogP contribution in [0.5, 0.6) is 5.75 Å². The van der Waals surface area contributed by atoms with Gasteiger partial charge in [0.1, 0.15) is 22.9 Å². The molecule has 8 nitrogen and oxygen atoms in total. The van der Waals surface area contributed by atoms with Crippen LogP contribution < -0.4 is 4.74 Å². The Labute approximate surface area is 196 Å². The molecule has 1 heterocycles. The molecule has 2 N–H and O–H groups in total. The highest BCUT2D eigenvalue weighted by atomic mass is 32.2. The fourth-order valence-electron chi connectivity index (χ4n) is 3.81. The van der Waals surface area contributed by atoms with E-state index >= 15 is 0 Å². The molecule has 33 heavy (non-hydrogen) atoms. The second kappa shape index (κ2) is 10.4. The van der Waals surface area contributed by atoms with Gasteiger partial charge in [0.2, 0.25) is 15.9 Å². The molecular formula is C24H34N2O6S. The van der Waals surface area contributed by atoms with Crippen molar-refractivity contribution in [1.82, 2.24) is 9.21 Å². The van der Waals surface area contributed by atoms with E-state index in [9.17, 15) is 23.4 Å². The maximum atomic E-state index is 13.5. The molecular weight excluding hydrogens is 444 g/mol. The predicted octanol–water partition coefficient (Wildman–Crippen LogP) is 1.45. The van der Waals surface area contributed by atoms with Gasteiger partial charge in [-0.2, -0.15) is 4.31 Å². The van der Waals surface area contributed by atoms with E-state index in [0.29, 0.717) is 24.4 Å². The van der Waals surface area contributed by atoms with Crippen molar-refractivity contribution in [3.63, 3.8) is 0 Å². The van der Waals surface area contributed by atoms with Crippen LogP contribution in [-0.2, 0) is 14.8 Å². The number of carbonyl (C=O) groups is 1. The molecule has 0 spiro atoms. The van der Waals surface area contributed by atoms with Gasteiger partial charge in [-0.25, -0.2) is 8.42 Å². The zero-order chi connectivity index (χ0) is 24.3. The molecule has 4 atom stereocenters. The normalized spacial score (nSPS) is 24.2. The molecule has 9 heteroatoms. The summed E-state index contributed by atoms with van der Waals surface area (Å²) in [5, 5.41) is 19.2. The van der Waals surface area contributed by atoms with Crippen LogP contribution in [-0.4, -0.2) is 78.7 Å². The Hall–Kier alpha value is -2.12. The first-order valence-corrected chi connectivity index (χ1v) is 12.8. The fraction of sp³-hybridized carbons (Fsp3) is 0.625. The number of aliphatic hydroxyl groups excluding tert-OH is 2. The summed E-state index contributed by atoms with van der Waals surface area (Å²) in [5.74, 6) is 5.91. The van der Waals surface area contributed by atoms with Crippen molar-refractivity contribution < 1.29 is 28.2 Å².